The molecule has 0 spiro atoms. The van der Waals surface area contributed by atoms with Crippen LogP contribution in [0.2, 0.25) is 0 Å². The largest absolute Gasteiger partial charge is 0.478 e. The standard InChI is InChI=1S/C14H18F2N2O2/c1-17-8-9-4-6-18(7-5-9)11-3-2-10(14(19)20)12(15)13(11)16/h2-3,9,17H,4-8H2,1H3,(H,19,20). The molecule has 20 heavy (non-hydrogen) atoms. The second-order valence-electron chi connectivity index (χ2n) is 5.05. The fourth-order valence-electron chi connectivity index (χ4n) is 2.62. The molecular formula is C14H18F2N2O2. The summed E-state index contributed by atoms with van der Waals surface area (Å²) in [6.07, 6.45) is 1.81. The Morgan fingerprint density at radius 2 is 2.00 bits per heavy atom. The minimum atomic E-state index is -1.46. The quantitative estimate of drug-likeness (QED) is 0.889. The first kappa shape index (κ1) is 14.7. The van der Waals surface area contributed by atoms with Gasteiger partial charge in [-0.2, -0.15) is 0 Å². The van der Waals surface area contributed by atoms with Gasteiger partial charge >= 0.3 is 5.97 Å². The molecule has 0 amide bonds. The molecule has 2 rings (SSSR count). The third-order valence-electron chi connectivity index (χ3n) is 3.74. The van der Waals surface area contributed by atoms with Gasteiger partial charge in [0, 0.05) is 13.1 Å². The van der Waals surface area contributed by atoms with Gasteiger partial charge in [0.05, 0.1) is 11.3 Å². The third-order valence-corrected chi connectivity index (χ3v) is 3.74. The molecule has 1 heterocycles. The zero-order valence-electron chi connectivity index (χ0n) is 11.3. The first-order valence-corrected chi connectivity index (χ1v) is 6.65. The number of carbonyl (C=O) groups is 1. The average Bonchev–Trinajstić information content (AvgIpc) is 2.43. The summed E-state index contributed by atoms with van der Waals surface area (Å²) in [6, 6.07) is 2.47. The molecule has 1 aliphatic heterocycles. The molecule has 0 bridgehead atoms. The smallest absolute Gasteiger partial charge is 0.338 e. The normalized spacial score (nSPS) is 16.4. The molecule has 2 N–H and O–H groups in total. The van der Waals surface area contributed by atoms with Crippen LogP contribution in [0, 0.1) is 17.6 Å². The van der Waals surface area contributed by atoms with Crippen molar-refractivity contribution in [3.05, 3.63) is 29.3 Å². The Balaban J connectivity index is 2.15. The molecule has 1 aliphatic rings. The molecule has 6 heteroatoms. The molecule has 0 radical (unpaired) electrons. The van der Waals surface area contributed by atoms with Gasteiger partial charge in [-0.1, -0.05) is 0 Å². The third kappa shape index (κ3) is 2.90. The van der Waals surface area contributed by atoms with E-state index in [4.69, 9.17) is 5.11 Å². The minimum absolute atomic E-state index is 0.149. The van der Waals surface area contributed by atoms with Crippen LogP contribution in [0.15, 0.2) is 12.1 Å². The predicted octanol–water partition coefficient (Wildman–Crippen LogP) is 2.10. The molecule has 0 aromatic heterocycles. The van der Waals surface area contributed by atoms with Crippen molar-refractivity contribution < 1.29 is 18.7 Å². The Morgan fingerprint density at radius 1 is 1.35 bits per heavy atom. The summed E-state index contributed by atoms with van der Waals surface area (Å²) in [5.74, 6) is -3.27. The lowest BCUT2D eigenvalue weighted by Crippen LogP contribution is -2.37. The maximum atomic E-state index is 14.0. The number of carboxylic acids is 1. The fourth-order valence-corrected chi connectivity index (χ4v) is 2.62. The minimum Gasteiger partial charge on any atom is -0.478 e. The van der Waals surface area contributed by atoms with Crippen molar-refractivity contribution in [2.45, 2.75) is 12.8 Å². The summed E-state index contributed by atoms with van der Waals surface area (Å²) in [6.45, 7) is 2.22. The maximum absolute atomic E-state index is 14.0. The van der Waals surface area contributed by atoms with Crippen molar-refractivity contribution >= 4 is 11.7 Å². The van der Waals surface area contributed by atoms with Gasteiger partial charge in [-0.3, -0.25) is 0 Å². The van der Waals surface area contributed by atoms with Gasteiger partial charge in [-0.25, -0.2) is 13.6 Å². The van der Waals surface area contributed by atoms with Gasteiger partial charge < -0.3 is 15.3 Å². The van der Waals surface area contributed by atoms with E-state index in [0.29, 0.717) is 19.0 Å². The average molecular weight is 284 g/mol. The lowest BCUT2D eigenvalue weighted by molar-refractivity contribution is 0.0690. The van der Waals surface area contributed by atoms with Crippen LogP contribution in [0.3, 0.4) is 0 Å². The summed E-state index contributed by atoms with van der Waals surface area (Å²) in [5, 5.41) is 11.9. The van der Waals surface area contributed by atoms with Crippen molar-refractivity contribution in [1.29, 1.82) is 0 Å². The van der Waals surface area contributed by atoms with Crippen LogP contribution in [0.4, 0.5) is 14.5 Å². The number of benzene rings is 1. The van der Waals surface area contributed by atoms with Crippen molar-refractivity contribution in [1.82, 2.24) is 5.32 Å². The Hall–Kier alpha value is -1.69. The van der Waals surface area contributed by atoms with Crippen LogP contribution >= 0.6 is 0 Å². The van der Waals surface area contributed by atoms with Crippen molar-refractivity contribution in [3.8, 4) is 0 Å². The Kier molecular flexibility index (Phi) is 4.54. The molecule has 0 saturated carbocycles. The number of nitrogens with zero attached hydrogens (tertiary/aromatic N) is 1. The molecule has 1 aromatic carbocycles. The highest BCUT2D eigenvalue weighted by Crippen LogP contribution is 2.28. The Labute approximate surface area is 116 Å². The zero-order valence-corrected chi connectivity index (χ0v) is 11.3. The van der Waals surface area contributed by atoms with E-state index in [9.17, 15) is 13.6 Å². The van der Waals surface area contributed by atoms with Gasteiger partial charge in [0.15, 0.2) is 11.6 Å². The second-order valence-corrected chi connectivity index (χ2v) is 5.05. The van der Waals surface area contributed by atoms with E-state index < -0.39 is 23.2 Å². The topological polar surface area (TPSA) is 52.6 Å². The number of hydrogen-bond acceptors (Lipinski definition) is 3. The van der Waals surface area contributed by atoms with Gasteiger partial charge in [0.2, 0.25) is 0 Å². The Bertz CT molecular complexity index is 500. The summed E-state index contributed by atoms with van der Waals surface area (Å²) in [5.41, 5.74) is -0.480. The zero-order chi connectivity index (χ0) is 14.7. The number of hydrogen-bond donors (Lipinski definition) is 2. The number of rotatable bonds is 4. The van der Waals surface area contributed by atoms with E-state index in [0.717, 1.165) is 25.5 Å². The monoisotopic (exact) mass is 284 g/mol. The van der Waals surface area contributed by atoms with Crippen LogP contribution in [0.5, 0.6) is 0 Å². The highest BCUT2D eigenvalue weighted by molar-refractivity contribution is 5.88. The fraction of sp³-hybridized carbons (Fsp3) is 0.500. The van der Waals surface area contributed by atoms with E-state index in [1.165, 1.54) is 6.07 Å². The van der Waals surface area contributed by atoms with Gasteiger partial charge in [-0.15, -0.1) is 0 Å². The van der Waals surface area contributed by atoms with Crippen LogP contribution in [-0.4, -0.2) is 37.8 Å². The van der Waals surface area contributed by atoms with E-state index >= 15 is 0 Å². The molecule has 1 aromatic rings. The lowest BCUT2D eigenvalue weighted by atomic mass is 9.96. The number of piperidine rings is 1. The van der Waals surface area contributed by atoms with Gasteiger partial charge in [0.25, 0.3) is 0 Å². The molecule has 0 aliphatic carbocycles. The molecule has 0 atom stereocenters. The lowest BCUT2D eigenvalue weighted by Gasteiger charge is -2.33. The number of anilines is 1. The van der Waals surface area contributed by atoms with Crippen LogP contribution in [-0.2, 0) is 0 Å². The number of aromatic carboxylic acids is 1. The summed E-state index contributed by atoms with van der Waals surface area (Å²) >= 11 is 0. The molecular weight excluding hydrogens is 266 g/mol. The molecule has 110 valence electrons. The second kappa shape index (κ2) is 6.17. The Morgan fingerprint density at radius 3 is 2.55 bits per heavy atom. The molecule has 0 unspecified atom stereocenters. The summed E-state index contributed by atoms with van der Waals surface area (Å²) in [4.78, 5) is 12.5. The van der Waals surface area contributed by atoms with Gasteiger partial charge in [-0.05, 0) is 44.5 Å². The first-order valence-electron chi connectivity index (χ1n) is 6.65. The highest BCUT2D eigenvalue weighted by Gasteiger charge is 2.24. The number of nitrogens with one attached hydrogen (secondary N) is 1. The van der Waals surface area contributed by atoms with Gasteiger partial charge in [0.1, 0.15) is 0 Å². The van der Waals surface area contributed by atoms with E-state index in [-0.39, 0.29) is 5.69 Å². The van der Waals surface area contributed by atoms with Crippen molar-refractivity contribution in [2.75, 3.05) is 31.6 Å². The molecule has 1 saturated heterocycles. The number of carboxylic acid groups (broad SMARTS) is 1. The van der Waals surface area contributed by atoms with Crippen LogP contribution in [0.1, 0.15) is 23.2 Å². The highest BCUT2D eigenvalue weighted by atomic mass is 19.2. The molecule has 1 fully saturated rings. The maximum Gasteiger partial charge on any atom is 0.338 e. The summed E-state index contributed by atoms with van der Waals surface area (Å²) < 4.78 is 27.6. The van der Waals surface area contributed by atoms with E-state index in [1.807, 2.05) is 7.05 Å². The SMILES string of the molecule is CNCC1CCN(c2ccc(C(=O)O)c(F)c2F)CC1. The van der Waals surface area contributed by atoms with E-state index in [1.54, 1.807) is 4.90 Å². The summed E-state index contributed by atoms with van der Waals surface area (Å²) in [7, 11) is 1.89. The van der Waals surface area contributed by atoms with Crippen molar-refractivity contribution in [2.24, 2.45) is 5.92 Å². The van der Waals surface area contributed by atoms with E-state index in [2.05, 4.69) is 5.32 Å². The predicted molar refractivity (Wildman–Crippen MR) is 72.2 cm³/mol. The first-order chi connectivity index (χ1) is 9.54. The number of halogens is 2. The van der Waals surface area contributed by atoms with Crippen LogP contribution < -0.4 is 10.2 Å². The van der Waals surface area contributed by atoms with Crippen molar-refractivity contribution in [3.63, 3.8) is 0 Å². The van der Waals surface area contributed by atoms with Crippen LogP contribution in [0.25, 0.3) is 0 Å². The molecule has 4 nitrogen and oxygen atoms in total.